The first-order valence-corrected chi connectivity index (χ1v) is 10.5. The normalized spacial score (nSPS) is 11.5. The average molecular weight is 532 g/mol. The lowest BCUT2D eigenvalue weighted by atomic mass is 9.92. The zero-order chi connectivity index (χ0) is 28.1. The van der Waals surface area contributed by atoms with Gasteiger partial charge in [0.15, 0.2) is 5.69 Å². The molecule has 0 aliphatic rings. The first-order chi connectivity index (χ1) is 17.7. The molecule has 2 aromatic carbocycles. The van der Waals surface area contributed by atoms with Crippen molar-refractivity contribution < 1.29 is 35.9 Å². The Morgan fingerprint density at radius 3 is 2.18 bits per heavy atom. The van der Waals surface area contributed by atoms with E-state index in [2.05, 4.69) is 10.1 Å². The van der Waals surface area contributed by atoms with Gasteiger partial charge in [0.05, 0.1) is 29.3 Å². The van der Waals surface area contributed by atoms with E-state index in [1.807, 2.05) is 0 Å². The van der Waals surface area contributed by atoms with Gasteiger partial charge in [-0.15, -0.1) is 0 Å². The van der Waals surface area contributed by atoms with Crippen LogP contribution in [-0.2, 0) is 12.7 Å². The number of aromatic nitrogens is 3. The lowest BCUT2D eigenvalue weighted by Gasteiger charge is -2.16. The highest BCUT2D eigenvalue weighted by atomic mass is 19.4. The van der Waals surface area contributed by atoms with Crippen molar-refractivity contribution in [2.24, 2.45) is 11.5 Å². The highest BCUT2D eigenvalue weighted by Gasteiger charge is 2.41. The van der Waals surface area contributed by atoms with Crippen LogP contribution in [0.2, 0.25) is 0 Å². The van der Waals surface area contributed by atoms with Gasteiger partial charge in [-0.3, -0.25) is 14.3 Å². The summed E-state index contributed by atoms with van der Waals surface area (Å²) in [5.74, 6) is -5.90. The number of carbonyl (C=O) groups excluding carboxylic acids is 2. The lowest BCUT2D eigenvalue weighted by molar-refractivity contribution is -0.141. The maximum absolute atomic E-state index is 14.5. The summed E-state index contributed by atoms with van der Waals surface area (Å²) in [5, 5.41) is 12.2. The number of primary amides is 2. The SMILES string of the molecule is Cc1c(-c2c(C(N)=O)nc3cc(F)ccc3c2C(N)=O)c(C(F)(F)F)nn1Cc1c(F)cc(C#N)cc1F. The smallest absolute Gasteiger partial charge is 0.366 e. The minimum Gasteiger partial charge on any atom is -0.366 e. The molecule has 2 aromatic heterocycles. The third-order valence-corrected chi connectivity index (χ3v) is 5.73. The number of hydrogen-bond acceptors (Lipinski definition) is 5. The van der Waals surface area contributed by atoms with Crippen LogP contribution in [0.1, 0.15) is 43.4 Å². The van der Waals surface area contributed by atoms with Crippen molar-refractivity contribution in [3.8, 4) is 17.2 Å². The number of alkyl halides is 3. The van der Waals surface area contributed by atoms with Gasteiger partial charge in [0.25, 0.3) is 5.91 Å². The Morgan fingerprint density at radius 2 is 1.66 bits per heavy atom. The van der Waals surface area contributed by atoms with E-state index < -0.39 is 75.6 Å². The highest BCUT2D eigenvalue weighted by molar-refractivity contribution is 6.15. The molecule has 0 saturated heterocycles. The lowest BCUT2D eigenvalue weighted by Crippen LogP contribution is -2.21. The fourth-order valence-corrected chi connectivity index (χ4v) is 4.08. The van der Waals surface area contributed by atoms with E-state index in [4.69, 9.17) is 16.7 Å². The minimum absolute atomic E-state index is 0.177. The van der Waals surface area contributed by atoms with Gasteiger partial charge in [-0.05, 0) is 31.2 Å². The van der Waals surface area contributed by atoms with Crippen molar-refractivity contribution in [3.05, 3.63) is 81.6 Å². The Hall–Kier alpha value is -4.93. The first kappa shape index (κ1) is 26.1. The average Bonchev–Trinajstić information content (AvgIpc) is 3.15. The van der Waals surface area contributed by atoms with Crippen molar-refractivity contribution in [2.75, 3.05) is 0 Å². The number of pyridine rings is 1. The van der Waals surface area contributed by atoms with Gasteiger partial charge >= 0.3 is 6.18 Å². The van der Waals surface area contributed by atoms with Gasteiger partial charge in [-0.2, -0.15) is 23.5 Å². The second kappa shape index (κ2) is 9.18. The van der Waals surface area contributed by atoms with Crippen molar-refractivity contribution in [1.29, 1.82) is 5.26 Å². The van der Waals surface area contributed by atoms with Crippen LogP contribution < -0.4 is 11.5 Å². The van der Waals surface area contributed by atoms with Gasteiger partial charge in [0.1, 0.15) is 23.1 Å². The van der Waals surface area contributed by atoms with Gasteiger partial charge in [0.2, 0.25) is 5.91 Å². The zero-order valence-electron chi connectivity index (χ0n) is 19.1. The summed E-state index contributed by atoms with van der Waals surface area (Å²) in [4.78, 5) is 28.7. The molecule has 0 aliphatic heterocycles. The molecular weight excluding hydrogens is 518 g/mol. The van der Waals surface area contributed by atoms with Crippen molar-refractivity contribution in [2.45, 2.75) is 19.6 Å². The van der Waals surface area contributed by atoms with Crippen LogP contribution in [0.25, 0.3) is 22.0 Å². The molecule has 0 unspecified atom stereocenters. The third-order valence-electron chi connectivity index (χ3n) is 5.73. The summed E-state index contributed by atoms with van der Waals surface area (Å²) in [5.41, 5.74) is 4.51. The predicted molar refractivity (Wildman–Crippen MR) is 120 cm³/mol. The maximum Gasteiger partial charge on any atom is 0.435 e. The molecule has 38 heavy (non-hydrogen) atoms. The molecule has 0 saturated carbocycles. The molecule has 0 spiro atoms. The fourth-order valence-electron chi connectivity index (χ4n) is 4.08. The standard InChI is InChI=1S/C24H14F6N6O2/c1-9-17(19-18(22(32)37)12-3-2-11(25)6-16(12)34-20(19)23(33)38)21(24(28,29)30)35-36(9)8-13-14(26)4-10(7-31)5-15(13)27/h2-6H,8H2,1H3,(H2,32,37)(H2,33,38). The van der Waals surface area contributed by atoms with Gasteiger partial charge in [-0.25, -0.2) is 18.2 Å². The second-order valence-corrected chi connectivity index (χ2v) is 8.10. The fraction of sp³-hybridized carbons (Fsp3) is 0.125. The van der Waals surface area contributed by atoms with Crippen LogP contribution in [-0.4, -0.2) is 26.6 Å². The Kier molecular flexibility index (Phi) is 6.32. The van der Waals surface area contributed by atoms with E-state index in [0.29, 0.717) is 16.8 Å². The van der Waals surface area contributed by atoms with Crippen LogP contribution >= 0.6 is 0 Å². The highest BCUT2D eigenvalue weighted by Crippen LogP contribution is 2.42. The molecule has 4 aromatic rings. The molecular formula is C24H14F6N6O2. The number of fused-ring (bicyclic) bond motifs is 1. The van der Waals surface area contributed by atoms with E-state index in [9.17, 15) is 35.9 Å². The van der Waals surface area contributed by atoms with Gasteiger partial charge in [-0.1, -0.05) is 0 Å². The van der Waals surface area contributed by atoms with Gasteiger partial charge < -0.3 is 11.5 Å². The third kappa shape index (κ3) is 4.38. The number of rotatable bonds is 5. The summed E-state index contributed by atoms with van der Waals surface area (Å²) in [6.45, 7) is 0.240. The summed E-state index contributed by atoms with van der Waals surface area (Å²) in [6.07, 6.45) is -5.20. The van der Waals surface area contributed by atoms with Gasteiger partial charge in [0, 0.05) is 33.8 Å². The molecule has 0 bridgehead atoms. The van der Waals surface area contributed by atoms with Crippen molar-refractivity contribution >= 4 is 22.7 Å². The molecule has 194 valence electrons. The Labute approximate surface area is 209 Å². The molecule has 0 atom stereocenters. The molecule has 0 radical (unpaired) electrons. The molecule has 2 heterocycles. The summed E-state index contributed by atoms with van der Waals surface area (Å²) < 4.78 is 86.0. The Morgan fingerprint density at radius 1 is 1.03 bits per heavy atom. The molecule has 2 amide bonds. The van der Waals surface area contributed by atoms with Crippen LogP contribution in [0.5, 0.6) is 0 Å². The first-order valence-electron chi connectivity index (χ1n) is 10.5. The molecule has 4 rings (SSSR count). The number of nitrogens with two attached hydrogens (primary N) is 2. The second-order valence-electron chi connectivity index (χ2n) is 8.10. The number of benzene rings is 2. The van der Waals surface area contributed by atoms with E-state index in [0.717, 1.165) is 25.1 Å². The van der Waals surface area contributed by atoms with Crippen LogP contribution in [0.4, 0.5) is 26.3 Å². The molecule has 0 fully saturated rings. The number of halogens is 6. The number of nitriles is 1. The summed E-state index contributed by atoms with van der Waals surface area (Å²) >= 11 is 0. The summed E-state index contributed by atoms with van der Waals surface area (Å²) in [6, 6.07) is 5.72. The molecule has 8 nitrogen and oxygen atoms in total. The van der Waals surface area contributed by atoms with E-state index >= 15 is 0 Å². The predicted octanol–water partition coefficient (Wildman–Crippen LogP) is 3.96. The van der Waals surface area contributed by atoms with E-state index in [1.54, 1.807) is 6.07 Å². The number of carbonyl (C=O) groups is 2. The Bertz CT molecular complexity index is 1680. The number of hydrogen-bond donors (Lipinski definition) is 2. The van der Waals surface area contributed by atoms with Crippen LogP contribution in [0, 0.1) is 35.7 Å². The number of nitrogens with zero attached hydrogens (tertiary/aromatic N) is 4. The largest absolute Gasteiger partial charge is 0.435 e. The molecule has 0 aliphatic carbocycles. The quantitative estimate of drug-likeness (QED) is 0.375. The Balaban J connectivity index is 2.09. The molecule has 4 N–H and O–H groups in total. The zero-order valence-corrected chi connectivity index (χ0v) is 19.1. The topological polar surface area (TPSA) is 141 Å². The van der Waals surface area contributed by atoms with E-state index in [1.165, 1.54) is 0 Å². The molecule has 14 heteroatoms. The van der Waals surface area contributed by atoms with Crippen LogP contribution in [0.15, 0.2) is 30.3 Å². The number of amides is 2. The summed E-state index contributed by atoms with van der Waals surface area (Å²) in [7, 11) is 0. The monoisotopic (exact) mass is 532 g/mol. The maximum atomic E-state index is 14.5. The van der Waals surface area contributed by atoms with Crippen molar-refractivity contribution in [1.82, 2.24) is 14.8 Å². The van der Waals surface area contributed by atoms with Crippen LogP contribution in [0.3, 0.4) is 0 Å². The van der Waals surface area contributed by atoms with Crippen molar-refractivity contribution in [3.63, 3.8) is 0 Å². The van der Waals surface area contributed by atoms with E-state index in [-0.39, 0.29) is 22.2 Å². The minimum atomic E-state index is -5.20.